The number of para-hydroxylation sites is 2. The van der Waals surface area contributed by atoms with E-state index in [1.54, 1.807) is 12.3 Å². The van der Waals surface area contributed by atoms with E-state index >= 15 is 0 Å². The number of hydrogen-bond acceptors (Lipinski definition) is 5. The molecular weight excluding hydrogens is 324 g/mol. The highest BCUT2D eigenvalue weighted by molar-refractivity contribution is 6.29. The van der Waals surface area contributed by atoms with Crippen LogP contribution in [0.2, 0.25) is 5.15 Å². The highest BCUT2D eigenvalue weighted by atomic mass is 35.5. The van der Waals surface area contributed by atoms with Crippen LogP contribution in [0.1, 0.15) is 5.56 Å². The predicted molar refractivity (Wildman–Crippen MR) is 93.7 cm³/mol. The zero-order valence-corrected chi connectivity index (χ0v) is 13.3. The summed E-state index contributed by atoms with van der Waals surface area (Å²) in [4.78, 5) is 13.5. The number of aromatic nitrogens is 5. The summed E-state index contributed by atoms with van der Waals surface area (Å²) < 4.78 is 0. The molecule has 0 aliphatic carbocycles. The first kappa shape index (κ1) is 14.6. The molecule has 6 nitrogen and oxygen atoms in total. The molecule has 7 heteroatoms. The molecule has 118 valence electrons. The van der Waals surface area contributed by atoms with Crippen molar-refractivity contribution in [1.29, 1.82) is 0 Å². The molecule has 3 aromatic heterocycles. The molecule has 0 saturated carbocycles. The largest absolute Gasteiger partial charge is 0.364 e. The van der Waals surface area contributed by atoms with Crippen molar-refractivity contribution >= 4 is 28.5 Å². The van der Waals surface area contributed by atoms with Gasteiger partial charge in [0.1, 0.15) is 16.5 Å². The maximum atomic E-state index is 5.96. The normalized spacial score (nSPS) is 10.9. The van der Waals surface area contributed by atoms with Gasteiger partial charge in [0, 0.05) is 25.0 Å². The molecule has 24 heavy (non-hydrogen) atoms. The third kappa shape index (κ3) is 2.91. The van der Waals surface area contributed by atoms with Gasteiger partial charge in [-0.25, -0.2) is 9.97 Å². The van der Waals surface area contributed by atoms with E-state index in [2.05, 4.69) is 30.5 Å². The molecule has 0 aliphatic rings. The van der Waals surface area contributed by atoms with Gasteiger partial charge in [0.05, 0.1) is 11.0 Å². The monoisotopic (exact) mass is 336 g/mol. The number of nitrogens with zero attached hydrogens (tertiary/aromatic N) is 4. The van der Waals surface area contributed by atoms with Gasteiger partial charge >= 0.3 is 0 Å². The number of benzene rings is 1. The topological polar surface area (TPSA) is 79.4 Å². The van der Waals surface area contributed by atoms with Crippen molar-refractivity contribution in [2.24, 2.45) is 0 Å². The maximum Gasteiger partial charge on any atom is 0.155 e. The molecule has 0 spiro atoms. The molecule has 0 aliphatic heterocycles. The predicted octanol–water partition coefficient (Wildman–Crippen LogP) is 3.68. The van der Waals surface area contributed by atoms with Crippen LogP contribution in [-0.4, -0.2) is 25.1 Å². The zero-order valence-electron chi connectivity index (χ0n) is 12.6. The van der Waals surface area contributed by atoms with E-state index in [0.29, 0.717) is 28.9 Å². The number of aromatic amines is 1. The molecule has 0 unspecified atom stereocenters. The third-order valence-corrected chi connectivity index (χ3v) is 3.74. The van der Waals surface area contributed by atoms with Crippen molar-refractivity contribution in [2.45, 2.75) is 6.54 Å². The standard InChI is InChI=1S/C17H13ClN6/c18-15-8-14(23-24-15)16-17(20-10-11-4-3-7-19-9-11)22-13-6-2-1-5-12(13)21-16/h1-9H,10H2,(H,20,22)(H,23,24). The van der Waals surface area contributed by atoms with Gasteiger partial charge in [-0.05, 0) is 23.8 Å². The first-order chi connectivity index (χ1) is 11.8. The van der Waals surface area contributed by atoms with E-state index < -0.39 is 0 Å². The Morgan fingerprint density at radius 2 is 1.88 bits per heavy atom. The van der Waals surface area contributed by atoms with Gasteiger partial charge in [-0.3, -0.25) is 10.1 Å². The number of anilines is 1. The smallest absolute Gasteiger partial charge is 0.155 e. The number of nitrogens with one attached hydrogen (secondary N) is 2. The van der Waals surface area contributed by atoms with Crippen molar-refractivity contribution < 1.29 is 0 Å². The van der Waals surface area contributed by atoms with Gasteiger partial charge in [0.2, 0.25) is 0 Å². The lowest BCUT2D eigenvalue weighted by molar-refractivity contribution is 1.06. The molecule has 0 saturated heterocycles. The Hall–Kier alpha value is -2.99. The molecule has 3 heterocycles. The molecule has 0 radical (unpaired) electrons. The SMILES string of the molecule is Clc1cc(-c2nc3ccccc3nc2NCc2cccnc2)n[nH]1. The molecule has 4 rings (SSSR count). The van der Waals surface area contributed by atoms with Gasteiger partial charge < -0.3 is 5.32 Å². The summed E-state index contributed by atoms with van der Waals surface area (Å²) in [7, 11) is 0. The van der Waals surface area contributed by atoms with E-state index in [0.717, 1.165) is 16.6 Å². The Bertz CT molecular complexity index is 983. The first-order valence-electron chi connectivity index (χ1n) is 7.40. The quantitative estimate of drug-likeness (QED) is 0.594. The Balaban J connectivity index is 1.76. The Morgan fingerprint density at radius 3 is 2.58 bits per heavy atom. The van der Waals surface area contributed by atoms with Crippen molar-refractivity contribution in [3.05, 3.63) is 65.6 Å². The second kappa shape index (κ2) is 6.25. The van der Waals surface area contributed by atoms with E-state index in [1.165, 1.54) is 0 Å². The van der Waals surface area contributed by atoms with Gasteiger partial charge in [0.25, 0.3) is 0 Å². The minimum absolute atomic E-state index is 0.457. The van der Waals surface area contributed by atoms with Crippen LogP contribution in [0.25, 0.3) is 22.4 Å². The zero-order chi connectivity index (χ0) is 16.4. The summed E-state index contributed by atoms with van der Waals surface area (Å²) in [6.45, 7) is 0.589. The first-order valence-corrected chi connectivity index (χ1v) is 7.78. The van der Waals surface area contributed by atoms with Crippen LogP contribution < -0.4 is 5.32 Å². The summed E-state index contributed by atoms with van der Waals surface area (Å²) in [5.74, 6) is 0.653. The average molecular weight is 337 g/mol. The van der Waals surface area contributed by atoms with Gasteiger partial charge in [-0.1, -0.05) is 29.8 Å². The lowest BCUT2D eigenvalue weighted by atomic mass is 10.2. The number of halogens is 1. The van der Waals surface area contributed by atoms with Gasteiger partial charge in [-0.15, -0.1) is 0 Å². The molecule has 0 atom stereocenters. The maximum absolute atomic E-state index is 5.96. The molecule has 1 aromatic carbocycles. The van der Waals surface area contributed by atoms with Crippen LogP contribution in [0, 0.1) is 0 Å². The Kier molecular flexibility index (Phi) is 3.80. The van der Waals surface area contributed by atoms with E-state index in [-0.39, 0.29) is 0 Å². The fourth-order valence-electron chi connectivity index (χ4n) is 2.41. The van der Waals surface area contributed by atoms with Crippen LogP contribution in [0.5, 0.6) is 0 Å². The van der Waals surface area contributed by atoms with E-state index in [9.17, 15) is 0 Å². The molecular formula is C17H13ClN6. The molecule has 0 fully saturated rings. The van der Waals surface area contributed by atoms with Crippen LogP contribution in [0.15, 0.2) is 54.9 Å². The van der Waals surface area contributed by atoms with Crippen LogP contribution in [0.3, 0.4) is 0 Å². The molecule has 0 bridgehead atoms. The van der Waals surface area contributed by atoms with Crippen molar-refractivity contribution in [3.63, 3.8) is 0 Å². The fraction of sp³-hybridized carbons (Fsp3) is 0.0588. The summed E-state index contributed by atoms with van der Waals surface area (Å²) in [5, 5.41) is 10.7. The Morgan fingerprint density at radius 1 is 1.04 bits per heavy atom. The number of fused-ring (bicyclic) bond motifs is 1. The summed E-state index contributed by atoms with van der Waals surface area (Å²) in [6.07, 6.45) is 3.56. The van der Waals surface area contributed by atoms with E-state index in [1.807, 2.05) is 42.6 Å². The second-order valence-corrected chi connectivity index (χ2v) is 5.63. The fourth-order valence-corrected chi connectivity index (χ4v) is 2.56. The minimum atomic E-state index is 0.457. The van der Waals surface area contributed by atoms with Crippen LogP contribution in [-0.2, 0) is 6.54 Å². The van der Waals surface area contributed by atoms with Crippen LogP contribution in [0.4, 0.5) is 5.82 Å². The highest BCUT2D eigenvalue weighted by Gasteiger charge is 2.14. The second-order valence-electron chi connectivity index (χ2n) is 5.23. The van der Waals surface area contributed by atoms with Crippen molar-refractivity contribution in [1.82, 2.24) is 25.1 Å². The van der Waals surface area contributed by atoms with Crippen LogP contribution >= 0.6 is 11.6 Å². The average Bonchev–Trinajstić information content (AvgIpc) is 3.06. The summed E-state index contributed by atoms with van der Waals surface area (Å²) >= 11 is 5.96. The summed E-state index contributed by atoms with van der Waals surface area (Å²) in [5.41, 5.74) is 3.97. The summed E-state index contributed by atoms with van der Waals surface area (Å²) in [6, 6.07) is 13.4. The van der Waals surface area contributed by atoms with Gasteiger partial charge in [-0.2, -0.15) is 5.10 Å². The highest BCUT2D eigenvalue weighted by Crippen LogP contribution is 2.27. The molecule has 2 N–H and O–H groups in total. The lowest BCUT2D eigenvalue weighted by Crippen LogP contribution is -2.05. The van der Waals surface area contributed by atoms with Crippen molar-refractivity contribution in [2.75, 3.05) is 5.32 Å². The molecule has 4 aromatic rings. The minimum Gasteiger partial charge on any atom is -0.364 e. The number of rotatable bonds is 4. The van der Waals surface area contributed by atoms with E-state index in [4.69, 9.17) is 11.6 Å². The number of pyridine rings is 1. The lowest BCUT2D eigenvalue weighted by Gasteiger charge is -2.10. The number of hydrogen-bond donors (Lipinski definition) is 2. The molecule has 0 amide bonds. The number of H-pyrrole nitrogens is 1. The van der Waals surface area contributed by atoms with Crippen molar-refractivity contribution in [3.8, 4) is 11.4 Å². The Labute approximate surface area is 143 Å². The third-order valence-electron chi connectivity index (χ3n) is 3.54. The van der Waals surface area contributed by atoms with Gasteiger partial charge in [0.15, 0.2) is 5.82 Å².